The zero-order chi connectivity index (χ0) is 15.6. The fourth-order valence-corrected chi connectivity index (χ4v) is 2.21. The van der Waals surface area contributed by atoms with Crippen molar-refractivity contribution in [3.05, 3.63) is 55.8 Å². The van der Waals surface area contributed by atoms with Crippen LogP contribution >= 0.6 is 11.3 Å². The van der Waals surface area contributed by atoms with Crippen molar-refractivity contribution in [3.63, 3.8) is 0 Å². The number of nitrogens with zero attached hydrogens (tertiary/aromatic N) is 3. The molecule has 0 aliphatic rings. The van der Waals surface area contributed by atoms with Gasteiger partial charge in [-0.05, 0) is 30.4 Å². The molecule has 0 fully saturated rings. The molecular weight excluding hydrogens is 300 g/mol. The van der Waals surface area contributed by atoms with Gasteiger partial charge in [-0.25, -0.2) is 4.98 Å². The number of nitrogens with one attached hydrogen (secondary N) is 1. The molecule has 0 atom stereocenters. The van der Waals surface area contributed by atoms with E-state index >= 15 is 0 Å². The summed E-state index contributed by atoms with van der Waals surface area (Å²) in [6.45, 7) is 1.52. The highest BCUT2D eigenvalue weighted by atomic mass is 32.1. The minimum Gasteiger partial charge on any atom is -0.298 e. The Morgan fingerprint density at radius 2 is 2.00 bits per heavy atom. The Kier molecular flexibility index (Phi) is 3.89. The van der Waals surface area contributed by atoms with Crippen molar-refractivity contribution in [3.8, 4) is 0 Å². The van der Waals surface area contributed by atoms with Crippen LogP contribution in [0.25, 0.3) is 0 Å². The minimum atomic E-state index is -0.608. The molecule has 0 spiro atoms. The van der Waals surface area contributed by atoms with Crippen LogP contribution in [-0.4, -0.2) is 20.7 Å². The van der Waals surface area contributed by atoms with E-state index in [2.05, 4.69) is 10.3 Å². The van der Waals surface area contributed by atoms with Gasteiger partial charge in [-0.3, -0.25) is 30.3 Å². The molecule has 1 heterocycles. The average Bonchev–Trinajstić information content (AvgIpc) is 2.86. The number of amides is 1. The smallest absolute Gasteiger partial charge is 0.298 e. The van der Waals surface area contributed by atoms with Crippen LogP contribution in [0.4, 0.5) is 15.8 Å². The van der Waals surface area contributed by atoms with Gasteiger partial charge in [0.25, 0.3) is 11.6 Å². The van der Waals surface area contributed by atoms with Gasteiger partial charge in [-0.15, -0.1) is 0 Å². The van der Waals surface area contributed by atoms with Gasteiger partial charge in [0.15, 0.2) is 5.13 Å². The number of aromatic nitrogens is 1. The molecule has 1 aromatic heterocycles. The Labute approximate surface area is 121 Å². The predicted molar refractivity (Wildman–Crippen MR) is 74.6 cm³/mol. The van der Waals surface area contributed by atoms with Crippen molar-refractivity contribution >= 4 is 33.1 Å². The van der Waals surface area contributed by atoms with E-state index in [1.165, 1.54) is 25.1 Å². The summed E-state index contributed by atoms with van der Waals surface area (Å²) in [7, 11) is 0. The maximum atomic E-state index is 11.9. The summed E-state index contributed by atoms with van der Waals surface area (Å²) in [4.78, 5) is 35.7. The van der Waals surface area contributed by atoms with Crippen LogP contribution in [0.3, 0.4) is 0 Å². The number of benzene rings is 1. The van der Waals surface area contributed by atoms with Crippen molar-refractivity contribution in [2.75, 3.05) is 5.32 Å². The van der Waals surface area contributed by atoms with E-state index in [9.17, 15) is 25.0 Å². The van der Waals surface area contributed by atoms with Gasteiger partial charge >= 0.3 is 5.00 Å². The molecule has 0 radical (unpaired) electrons. The van der Waals surface area contributed by atoms with Crippen molar-refractivity contribution in [2.24, 2.45) is 0 Å². The number of hydrogen-bond acceptors (Lipinski definition) is 7. The van der Waals surface area contributed by atoms with Crippen molar-refractivity contribution in [1.82, 2.24) is 4.98 Å². The SMILES string of the molecule is Cc1cc(C(=O)Nc2ncc([N+](=O)[O-])s2)ccc1[N+](=O)[O-]. The van der Waals surface area contributed by atoms with E-state index in [1.54, 1.807) is 0 Å². The fraction of sp³-hybridized carbons (Fsp3) is 0.0909. The van der Waals surface area contributed by atoms with E-state index in [1.807, 2.05) is 0 Å². The second-order valence-corrected chi connectivity index (χ2v) is 4.98. The number of carbonyl (C=O) groups excluding carboxylic acids is 1. The van der Waals surface area contributed by atoms with Gasteiger partial charge in [0.1, 0.15) is 6.20 Å². The van der Waals surface area contributed by atoms with Crippen LogP contribution in [0.2, 0.25) is 0 Å². The molecule has 9 nitrogen and oxygen atoms in total. The summed E-state index contributed by atoms with van der Waals surface area (Å²) in [5.41, 5.74) is 0.463. The average molecular weight is 308 g/mol. The molecule has 0 saturated heterocycles. The quantitative estimate of drug-likeness (QED) is 0.682. The number of thiazole rings is 1. The maximum absolute atomic E-state index is 11.9. The van der Waals surface area contributed by atoms with E-state index in [0.717, 1.165) is 17.5 Å². The summed E-state index contributed by atoms with van der Waals surface area (Å²) in [5.74, 6) is -0.544. The van der Waals surface area contributed by atoms with Gasteiger partial charge in [-0.1, -0.05) is 0 Å². The first-order valence-corrected chi connectivity index (χ1v) is 6.36. The lowest BCUT2D eigenvalue weighted by molar-refractivity contribution is -0.385. The Bertz CT molecular complexity index is 742. The van der Waals surface area contributed by atoms with Crippen LogP contribution in [0, 0.1) is 27.2 Å². The van der Waals surface area contributed by atoms with Crippen molar-refractivity contribution < 1.29 is 14.6 Å². The monoisotopic (exact) mass is 308 g/mol. The Balaban J connectivity index is 2.18. The second kappa shape index (κ2) is 5.63. The Morgan fingerprint density at radius 1 is 1.29 bits per heavy atom. The number of rotatable bonds is 4. The molecule has 0 unspecified atom stereocenters. The first-order valence-electron chi connectivity index (χ1n) is 5.55. The molecule has 1 N–H and O–H groups in total. The highest BCUT2D eigenvalue weighted by Crippen LogP contribution is 2.26. The number of nitro benzene ring substituents is 1. The van der Waals surface area contributed by atoms with Gasteiger partial charge in [0, 0.05) is 17.2 Å². The van der Waals surface area contributed by atoms with E-state index in [-0.39, 0.29) is 21.4 Å². The van der Waals surface area contributed by atoms with Crippen molar-refractivity contribution in [1.29, 1.82) is 0 Å². The van der Waals surface area contributed by atoms with Gasteiger partial charge in [-0.2, -0.15) is 0 Å². The first-order chi connectivity index (χ1) is 9.88. The van der Waals surface area contributed by atoms with Gasteiger partial charge in [0.05, 0.1) is 9.85 Å². The summed E-state index contributed by atoms with van der Waals surface area (Å²) in [6.07, 6.45) is 1.04. The molecule has 10 heteroatoms. The van der Waals surface area contributed by atoms with Crippen LogP contribution < -0.4 is 5.32 Å². The van der Waals surface area contributed by atoms with Crippen LogP contribution in [-0.2, 0) is 0 Å². The molecule has 1 aromatic carbocycles. The third-order valence-corrected chi connectivity index (χ3v) is 3.41. The highest BCUT2D eigenvalue weighted by molar-refractivity contribution is 7.18. The van der Waals surface area contributed by atoms with Crippen LogP contribution in [0.5, 0.6) is 0 Å². The molecule has 0 aliphatic heterocycles. The van der Waals surface area contributed by atoms with Crippen molar-refractivity contribution in [2.45, 2.75) is 6.92 Å². The second-order valence-electron chi connectivity index (χ2n) is 3.97. The third kappa shape index (κ3) is 3.17. The van der Waals surface area contributed by atoms with Crippen LogP contribution in [0.15, 0.2) is 24.4 Å². The maximum Gasteiger partial charge on any atom is 0.345 e. The summed E-state index contributed by atoms with van der Waals surface area (Å²) in [6, 6.07) is 3.91. The molecule has 0 saturated carbocycles. The summed E-state index contributed by atoms with van der Waals surface area (Å²) in [5, 5.41) is 23.5. The molecule has 0 aliphatic carbocycles. The lowest BCUT2D eigenvalue weighted by Gasteiger charge is -2.03. The lowest BCUT2D eigenvalue weighted by Crippen LogP contribution is -2.12. The molecule has 108 valence electrons. The first kappa shape index (κ1) is 14.5. The molecule has 1 amide bonds. The highest BCUT2D eigenvalue weighted by Gasteiger charge is 2.16. The zero-order valence-corrected chi connectivity index (χ0v) is 11.4. The number of anilines is 1. The third-order valence-electron chi connectivity index (χ3n) is 2.55. The number of aryl methyl sites for hydroxylation is 1. The largest absolute Gasteiger partial charge is 0.345 e. The summed E-state index contributed by atoms with van der Waals surface area (Å²) < 4.78 is 0. The minimum absolute atomic E-state index is 0.0858. The molecule has 2 aromatic rings. The molecule has 21 heavy (non-hydrogen) atoms. The van der Waals surface area contributed by atoms with E-state index < -0.39 is 15.8 Å². The standard InChI is InChI=1S/C11H8N4O5S/c1-6-4-7(2-3-8(6)14(17)18)10(16)13-11-12-5-9(21-11)15(19)20/h2-5H,1H3,(H,12,13,16). The van der Waals surface area contributed by atoms with Crippen LogP contribution in [0.1, 0.15) is 15.9 Å². The van der Waals surface area contributed by atoms with Gasteiger partial charge < -0.3 is 0 Å². The topological polar surface area (TPSA) is 128 Å². The Morgan fingerprint density at radius 3 is 2.52 bits per heavy atom. The molecular formula is C11H8N4O5S. The number of hydrogen-bond donors (Lipinski definition) is 1. The number of nitro groups is 2. The number of carbonyl (C=O) groups is 1. The zero-order valence-electron chi connectivity index (χ0n) is 10.6. The molecule has 2 rings (SSSR count). The van der Waals surface area contributed by atoms with E-state index in [4.69, 9.17) is 0 Å². The lowest BCUT2D eigenvalue weighted by atomic mass is 10.1. The normalized spacial score (nSPS) is 10.1. The van der Waals surface area contributed by atoms with Gasteiger partial charge in [0.2, 0.25) is 0 Å². The summed E-state index contributed by atoms with van der Waals surface area (Å²) >= 11 is 0.726. The predicted octanol–water partition coefficient (Wildman–Crippen LogP) is 2.52. The molecule has 0 bridgehead atoms. The fourth-order valence-electron chi connectivity index (χ4n) is 1.58. The Hall–Kier alpha value is -2.88. The van der Waals surface area contributed by atoms with E-state index in [0.29, 0.717) is 5.56 Å².